The standard InChI is InChI=1S/C16H24N2O2/c1-11(2)18-8-7-13(10-18)17-15-6-5-12(3)9-14(15)16(19)20-4/h5-6,9,11,13,17H,7-8,10H2,1-4H3. The largest absolute Gasteiger partial charge is 0.465 e. The first-order chi connectivity index (χ1) is 9.51. The summed E-state index contributed by atoms with van der Waals surface area (Å²) in [5.41, 5.74) is 2.56. The van der Waals surface area contributed by atoms with Gasteiger partial charge >= 0.3 is 5.97 Å². The normalized spacial score (nSPS) is 19.4. The van der Waals surface area contributed by atoms with E-state index >= 15 is 0 Å². The summed E-state index contributed by atoms with van der Waals surface area (Å²) in [5.74, 6) is -0.282. The fourth-order valence-corrected chi connectivity index (χ4v) is 2.66. The molecule has 1 fully saturated rings. The minimum atomic E-state index is -0.282. The lowest BCUT2D eigenvalue weighted by Gasteiger charge is -2.21. The summed E-state index contributed by atoms with van der Waals surface area (Å²) in [5, 5.41) is 3.49. The van der Waals surface area contributed by atoms with Crippen LogP contribution >= 0.6 is 0 Å². The number of carbonyl (C=O) groups is 1. The number of ether oxygens (including phenoxy) is 1. The first-order valence-electron chi connectivity index (χ1n) is 7.21. The SMILES string of the molecule is COC(=O)c1cc(C)ccc1NC1CCN(C(C)C)C1. The van der Waals surface area contributed by atoms with Gasteiger partial charge in [0, 0.05) is 30.9 Å². The monoisotopic (exact) mass is 276 g/mol. The molecule has 0 aromatic heterocycles. The van der Waals surface area contributed by atoms with Crippen molar-refractivity contribution in [2.45, 2.75) is 39.3 Å². The molecule has 1 heterocycles. The fourth-order valence-electron chi connectivity index (χ4n) is 2.66. The highest BCUT2D eigenvalue weighted by molar-refractivity contribution is 5.95. The molecule has 4 nitrogen and oxygen atoms in total. The predicted octanol–water partition coefficient (Wildman–Crippen LogP) is 2.68. The molecule has 0 bridgehead atoms. The highest BCUT2D eigenvalue weighted by atomic mass is 16.5. The van der Waals surface area contributed by atoms with Gasteiger partial charge in [-0.05, 0) is 39.3 Å². The third-order valence-electron chi connectivity index (χ3n) is 3.89. The predicted molar refractivity (Wildman–Crippen MR) is 81.3 cm³/mol. The Morgan fingerprint density at radius 2 is 2.20 bits per heavy atom. The number of hydrogen-bond donors (Lipinski definition) is 1. The number of carbonyl (C=O) groups excluding carboxylic acids is 1. The van der Waals surface area contributed by atoms with Crippen LogP contribution in [0.25, 0.3) is 0 Å². The molecule has 2 rings (SSSR count). The lowest BCUT2D eigenvalue weighted by Crippen LogP contribution is -2.31. The summed E-state index contributed by atoms with van der Waals surface area (Å²) in [6, 6.07) is 6.83. The minimum absolute atomic E-state index is 0.282. The summed E-state index contributed by atoms with van der Waals surface area (Å²) in [6.45, 7) is 8.54. The minimum Gasteiger partial charge on any atom is -0.465 e. The number of anilines is 1. The van der Waals surface area contributed by atoms with Crippen LogP contribution < -0.4 is 5.32 Å². The van der Waals surface area contributed by atoms with Crippen molar-refractivity contribution in [1.82, 2.24) is 4.90 Å². The van der Waals surface area contributed by atoms with E-state index in [1.54, 1.807) is 0 Å². The molecule has 0 radical (unpaired) electrons. The molecule has 1 saturated heterocycles. The third kappa shape index (κ3) is 3.31. The van der Waals surface area contributed by atoms with E-state index in [2.05, 4.69) is 24.1 Å². The molecule has 20 heavy (non-hydrogen) atoms. The third-order valence-corrected chi connectivity index (χ3v) is 3.89. The Kier molecular flexibility index (Phi) is 4.65. The first kappa shape index (κ1) is 14.9. The summed E-state index contributed by atoms with van der Waals surface area (Å²) >= 11 is 0. The number of nitrogens with zero attached hydrogens (tertiary/aromatic N) is 1. The number of rotatable bonds is 4. The Hall–Kier alpha value is -1.55. The number of likely N-dealkylation sites (tertiary alicyclic amines) is 1. The molecule has 4 heteroatoms. The second kappa shape index (κ2) is 6.27. The number of hydrogen-bond acceptors (Lipinski definition) is 4. The number of aryl methyl sites for hydroxylation is 1. The van der Waals surface area contributed by atoms with E-state index in [0.717, 1.165) is 30.8 Å². The van der Waals surface area contributed by atoms with Gasteiger partial charge in [-0.15, -0.1) is 0 Å². The van der Waals surface area contributed by atoms with Crippen LogP contribution in [0.5, 0.6) is 0 Å². The van der Waals surface area contributed by atoms with Gasteiger partial charge in [-0.25, -0.2) is 4.79 Å². The zero-order chi connectivity index (χ0) is 14.7. The zero-order valence-electron chi connectivity index (χ0n) is 12.8. The van der Waals surface area contributed by atoms with E-state index in [9.17, 15) is 4.79 Å². The second-order valence-electron chi connectivity index (χ2n) is 5.76. The molecule has 1 aliphatic heterocycles. The molecule has 0 saturated carbocycles. The highest BCUT2D eigenvalue weighted by Crippen LogP contribution is 2.22. The van der Waals surface area contributed by atoms with Gasteiger partial charge in [0.25, 0.3) is 0 Å². The fraction of sp³-hybridized carbons (Fsp3) is 0.562. The number of esters is 1. The van der Waals surface area contributed by atoms with Crippen molar-refractivity contribution in [3.05, 3.63) is 29.3 Å². The van der Waals surface area contributed by atoms with Crippen molar-refractivity contribution >= 4 is 11.7 Å². The zero-order valence-corrected chi connectivity index (χ0v) is 12.8. The van der Waals surface area contributed by atoms with Crippen LogP contribution in [-0.4, -0.2) is 43.2 Å². The van der Waals surface area contributed by atoms with Crippen molar-refractivity contribution in [3.8, 4) is 0 Å². The van der Waals surface area contributed by atoms with Crippen LogP contribution in [0.15, 0.2) is 18.2 Å². The van der Waals surface area contributed by atoms with Crippen LogP contribution in [0.3, 0.4) is 0 Å². The lowest BCUT2D eigenvalue weighted by molar-refractivity contribution is 0.0601. The lowest BCUT2D eigenvalue weighted by atomic mass is 10.1. The van der Waals surface area contributed by atoms with E-state index in [1.165, 1.54) is 7.11 Å². The van der Waals surface area contributed by atoms with E-state index in [1.807, 2.05) is 25.1 Å². The molecule has 1 aromatic rings. The van der Waals surface area contributed by atoms with Crippen molar-refractivity contribution in [2.75, 3.05) is 25.5 Å². The second-order valence-corrected chi connectivity index (χ2v) is 5.76. The van der Waals surface area contributed by atoms with Crippen LogP contribution in [0.2, 0.25) is 0 Å². The maximum Gasteiger partial charge on any atom is 0.339 e. The first-order valence-corrected chi connectivity index (χ1v) is 7.21. The van der Waals surface area contributed by atoms with E-state index in [4.69, 9.17) is 4.74 Å². The van der Waals surface area contributed by atoms with E-state index < -0.39 is 0 Å². The van der Waals surface area contributed by atoms with Crippen molar-refractivity contribution < 1.29 is 9.53 Å². The van der Waals surface area contributed by atoms with Crippen molar-refractivity contribution in [3.63, 3.8) is 0 Å². The van der Waals surface area contributed by atoms with E-state index in [-0.39, 0.29) is 5.97 Å². The maximum atomic E-state index is 11.9. The Bertz CT molecular complexity index is 485. The van der Waals surface area contributed by atoms with Gasteiger partial charge in [0.1, 0.15) is 0 Å². The quantitative estimate of drug-likeness (QED) is 0.859. The average Bonchev–Trinajstić information content (AvgIpc) is 2.88. The smallest absolute Gasteiger partial charge is 0.339 e. The molecule has 0 aliphatic carbocycles. The molecule has 1 unspecified atom stereocenters. The molecule has 110 valence electrons. The molecule has 0 spiro atoms. The van der Waals surface area contributed by atoms with Gasteiger partial charge in [0.2, 0.25) is 0 Å². The van der Waals surface area contributed by atoms with Gasteiger partial charge in [0.05, 0.1) is 12.7 Å². The topological polar surface area (TPSA) is 41.6 Å². The van der Waals surface area contributed by atoms with Gasteiger partial charge in [0.15, 0.2) is 0 Å². The van der Waals surface area contributed by atoms with Gasteiger partial charge in [-0.1, -0.05) is 11.6 Å². The molecule has 1 aromatic carbocycles. The summed E-state index contributed by atoms with van der Waals surface area (Å²) in [7, 11) is 1.42. The molecule has 1 N–H and O–H groups in total. The van der Waals surface area contributed by atoms with Gasteiger partial charge < -0.3 is 10.1 Å². The highest BCUT2D eigenvalue weighted by Gasteiger charge is 2.25. The van der Waals surface area contributed by atoms with Crippen molar-refractivity contribution in [1.29, 1.82) is 0 Å². The van der Waals surface area contributed by atoms with Gasteiger partial charge in [-0.3, -0.25) is 4.90 Å². The summed E-state index contributed by atoms with van der Waals surface area (Å²) in [4.78, 5) is 14.3. The number of nitrogens with one attached hydrogen (secondary N) is 1. The molecule has 1 atom stereocenters. The Labute approximate surface area is 121 Å². The van der Waals surface area contributed by atoms with Crippen LogP contribution in [0.4, 0.5) is 5.69 Å². The average molecular weight is 276 g/mol. The Balaban J connectivity index is 2.12. The van der Waals surface area contributed by atoms with Gasteiger partial charge in [-0.2, -0.15) is 0 Å². The Morgan fingerprint density at radius 1 is 1.45 bits per heavy atom. The maximum absolute atomic E-state index is 11.9. The molecular formula is C16H24N2O2. The van der Waals surface area contributed by atoms with Crippen LogP contribution in [0, 0.1) is 6.92 Å². The summed E-state index contributed by atoms with van der Waals surface area (Å²) in [6.07, 6.45) is 1.10. The van der Waals surface area contributed by atoms with Crippen LogP contribution in [0.1, 0.15) is 36.2 Å². The Morgan fingerprint density at radius 3 is 2.80 bits per heavy atom. The summed E-state index contributed by atoms with van der Waals surface area (Å²) < 4.78 is 4.87. The molecule has 1 aliphatic rings. The number of benzene rings is 1. The molecular weight excluding hydrogens is 252 g/mol. The molecule has 0 amide bonds. The van der Waals surface area contributed by atoms with Crippen LogP contribution in [-0.2, 0) is 4.74 Å². The van der Waals surface area contributed by atoms with Crippen molar-refractivity contribution in [2.24, 2.45) is 0 Å². The number of methoxy groups -OCH3 is 1. The van der Waals surface area contributed by atoms with E-state index in [0.29, 0.717) is 17.6 Å².